The summed E-state index contributed by atoms with van der Waals surface area (Å²) in [7, 11) is 0. The Hall–Kier alpha value is -1.34. The van der Waals surface area contributed by atoms with Crippen LogP contribution in [0.25, 0.3) is 4.85 Å². The molecule has 0 aliphatic heterocycles. The second-order valence-corrected chi connectivity index (χ2v) is 2.62. The van der Waals surface area contributed by atoms with E-state index in [1.807, 2.05) is 0 Å². The summed E-state index contributed by atoms with van der Waals surface area (Å²) >= 11 is 0.987. The molecule has 0 bridgehead atoms. The van der Waals surface area contributed by atoms with E-state index in [-0.39, 0.29) is 4.88 Å². The van der Waals surface area contributed by atoms with E-state index < -0.39 is 5.97 Å². The van der Waals surface area contributed by atoms with Crippen molar-refractivity contribution in [3.8, 4) is 0 Å². The Labute approximate surface area is 61.4 Å². The van der Waals surface area contributed by atoms with E-state index in [1.165, 1.54) is 12.1 Å². The van der Waals surface area contributed by atoms with Crippen LogP contribution in [-0.2, 0) is 0 Å². The molecule has 50 valence electrons. The van der Waals surface area contributed by atoms with Crippen molar-refractivity contribution in [2.75, 3.05) is 0 Å². The summed E-state index contributed by atoms with van der Waals surface area (Å²) in [4.78, 5) is 13.5. The van der Waals surface area contributed by atoms with Crippen LogP contribution >= 0.6 is 11.3 Å². The third-order valence-electron chi connectivity index (χ3n) is 0.913. The zero-order valence-electron chi connectivity index (χ0n) is 4.87. The number of carbonyl (C=O) groups is 1. The van der Waals surface area contributed by atoms with Crippen molar-refractivity contribution >= 4 is 22.3 Å². The summed E-state index contributed by atoms with van der Waals surface area (Å²) in [5.74, 6) is -0.972. The highest BCUT2D eigenvalue weighted by molar-refractivity contribution is 7.17. The van der Waals surface area contributed by atoms with Crippen molar-refractivity contribution in [2.24, 2.45) is 0 Å². The monoisotopic (exact) mass is 153 g/mol. The van der Waals surface area contributed by atoms with E-state index in [2.05, 4.69) is 4.85 Å². The van der Waals surface area contributed by atoms with E-state index in [4.69, 9.17) is 11.7 Å². The van der Waals surface area contributed by atoms with Crippen molar-refractivity contribution < 1.29 is 9.90 Å². The lowest BCUT2D eigenvalue weighted by molar-refractivity contribution is 0.0702. The van der Waals surface area contributed by atoms with E-state index in [9.17, 15) is 4.79 Å². The summed E-state index contributed by atoms with van der Waals surface area (Å²) in [5.41, 5.74) is 0. The van der Waals surface area contributed by atoms with Crippen LogP contribution in [0.3, 0.4) is 0 Å². The Kier molecular flexibility index (Phi) is 1.69. The Morgan fingerprint density at radius 1 is 1.70 bits per heavy atom. The topological polar surface area (TPSA) is 41.7 Å². The molecule has 0 aliphatic carbocycles. The van der Waals surface area contributed by atoms with Crippen LogP contribution in [0.1, 0.15) is 9.67 Å². The maximum Gasteiger partial charge on any atom is 0.344 e. The molecule has 4 heteroatoms. The standard InChI is InChI=1S/C6H3NO2S/c1-7-5-3-2-4(10-5)6(8)9/h2-3H,(H,8,9). The first-order valence-corrected chi connectivity index (χ1v) is 3.26. The molecule has 1 rings (SSSR count). The van der Waals surface area contributed by atoms with E-state index in [1.54, 1.807) is 0 Å². The minimum Gasteiger partial charge on any atom is -0.477 e. The number of rotatable bonds is 1. The van der Waals surface area contributed by atoms with Crippen molar-refractivity contribution in [3.05, 3.63) is 28.4 Å². The van der Waals surface area contributed by atoms with Gasteiger partial charge in [0.15, 0.2) is 0 Å². The third kappa shape index (κ3) is 1.14. The summed E-state index contributed by atoms with van der Waals surface area (Å²) in [5, 5.41) is 8.82. The van der Waals surface area contributed by atoms with Crippen LogP contribution in [-0.4, -0.2) is 11.1 Å². The van der Waals surface area contributed by atoms with Crippen molar-refractivity contribution in [1.82, 2.24) is 0 Å². The molecule has 1 N–H and O–H groups in total. The fraction of sp³-hybridized carbons (Fsp3) is 0. The molecule has 0 saturated heterocycles. The fourth-order valence-electron chi connectivity index (χ4n) is 0.503. The SMILES string of the molecule is [C-]#[N+]c1ccc(C(=O)O)s1. The van der Waals surface area contributed by atoms with Crippen LogP contribution in [0.2, 0.25) is 0 Å². The molecule has 0 atom stereocenters. The van der Waals surface area contributed by atoms with Crippen LogP contribution in [0.15, 0.2) is 12.1 Å². The van der Waals surface area contributed by atoms with Gasteiger partial charge in [-0.05, 0) is 12.1 Å². The number of hydrogen-bond donors (Lipinski definition) is 1. The van der Waals surface area contributed by atoms with Gasteiger partial charge in [-0.25, -0.2) is 9.64 Å². The van der Waals surface area contributed by atoms with Crippen LogP contribution in [0.4, 0.5) is 5.00 Å². The number of nitrogens with zero attached hydrogens (tertiary/aromatic N) is 1. The van der Waals surface area contributed by atoms with Gasteiger partial charge in [-0.1, -0.05) is 0 Å². The predicted molar refractivity (Wildman–Crippen MR) is 37.5 cm³/mol. The minimum atomic E-state index is -0.972. The van der Waals surface area contributed by atoms with E-state index >= 15 is 0 Å². The lowest BCUT2D eigenvalue weighted by atomic mass is 10.5. The highest BCUT2D eigenvalue weighted by Crippen LogP contribution is 2.24. The molecule has 0 radical (unpaired) electrons. The van der Waals surface area contributed by atoms with Crippen molar-refractivity contribution in [1.29, 1.82) is 0 Å². The molecule has 0 amide bonds. The predicted octanol–water partition coefficient (Wildman–Crippen LogP) is 2.00. The van der Waals surface area contributed by atoms with Crippen molar-refractivity contribution in [3.63, 3.8) is 0 Å². The molecule has 1 aromatic heterocycles. The largest absolute Gasteiger partial charge is 0.477 e. The number of thiophene rings is 1. The highest BCUT2D eigenvalue weighted by atomic mass is 32.1. The van der Waals surface area contributed by atoms with Gasteiger partial charge in [0.1, 0.15) is 0 Å². The number of aromatic carboxylic acids is 1. The number of carboxylic acids is 1. The second kappa shape index (κ2) is 2.50. The van der Waals surface area contributed by atoms with Gasteiger partial charge in [0.2, 0.25) is 5.00 Å². The second-order valence-electron chi connectivity index (χ2n) is 1.55. The average molecular weight is 153 g/mol. The van der Waals surface area contributed by atoms with Gasteiger partial charge in [-0.15, -0.1) is 11.3 Å². The van der Waals surface area contributed by atoms with Crippen LogP contribution < -0.4 is 0 Å². The summed E-state index contributed by atoms with van der Waals surface area (Å²) in [6, 6.07) is 2.93. The maximum atomic E-state index is 10.2. The average Bonchev–Trinajstić information content (AvgIpc) is 2.34. The Balaban J connectivity index is 3.02. The molecule has 1 heterocycles. The smallest absolute Gasteiger partial charge is 0.344 e. The van der Waals surface area contributed by atoms with Gasteiger partial charge in [0.25, 0.3) is 0 Å². The molecule has 1 aromatic rings. The first-order chi connectivity index (χ1) is 4.74. The molecule has 10 heavy (non-hydrogen) atoms. The lowest BCUT2D eigenvalue weighted by Crippen LogP contribution is -1.89. The molecule has 0 aliphatic rings. The fourth-order valence-corrected chi connectivity index (χ4v) is 1.13. The molecule has 0 spiro atoms. The molecule has 0 unspecified atom stereocenters. The zero-order chi connectivity index (χ0) is 7.56. The summed E-state index contributed by atoms with van der Waals surface area (Å²) in [6.45, 7) is 6.54. The van der Waals surface area contributed by atoms with E-state index in [0.29, 0.717) is 5.00 Å². The Morgan fingerprint density at radius 3 is 2.70 bits per heavy atom. The Morgan fingerprint density at radius 2 is 2.40 bits per heavy atom. The zero-order valence-corrected chi connectivity index (χ0v) is 5.68. The highest BCUT2D eigenvalue weighted by Gasteiger charge is 2.04. The van der Waals surface area contributed by atoms with Gasteiger partial charge >= 0.3 is 5.97 Å². The first-order valence-electron chi connectivity index (χ1n) is 2.44. The van der Waals surface area contributed by atoms with Gasteiger partial charge in [0.05, 0.1) is 11.4 Å². The normalized spacial score (nSPS) is 8.70. The van der Waals surface area contributed by atoms with E-state index in [0.717, 1.165) is 11.3 Å². The maximum absolute atomic E-state index is 10.2. The molecule has 3 nitrogen and oxygen atoms in total. The third-order valence-corrected chi connectivity index (χ3v) is 1.88. The van der Waals surface area contributed by atoms with Crippen LogP contribution in [0.5, 0.6) is 0 Å². The molecular weight excluding hydrogens is 150 g/mol. The lowest BCUT2D eigenvalue weighted by Gasteiger charge is -1.80. The first kappa shape index (κ1) is 6.78. The molecule has 0 fully saturated rings. The molecule has 0 aromatic carbocycles. The van der Waals surface area contributed by atoms with Crippen molar-refractivity contribution in [2.45, 2.75) is 0 Å². The number of carboxylic acid groups (broad SMARTS) is 1. The van der Waals surface area contributed by atoms with Gasteiger partial charge in [-0.3, -0.25) is 0 Å². The number of hydrogen-bond acceptors (Lipinski definition) is 2. The summed E-state index contributed by atoms with van der Waals surface area (Å²) in [6.07, 6.45) is 0. The van der Waals surface area contributed by atoms with Gasteiger partial charge < -0.3 is 5.11 Å². The minimum absolute atomic E-state index is 0.214. The quantitative estimate of drug-likeness (QED) is 0.627. The summed E-state index contributed by atoms with van der Waals surface area (Å²) < 4.78 is 0. The molecular formula is C6H3NO2S. The molecule has 0 saturated carbocycles. The Bertz CT molecular complexity index is 297. The van der Waals surface area contributed by atoms with Gasteiger partial charge in [-0.2, -0.15) is 0 Å². The van der Waals surface area contributed by atoms with Gasteiger partial charge in [0, 0.05) is 0 Å². The van der Waals surface area contributed by atoms with Crippen LogP contribution in [0, 0.1) is 6.57 Å².